The molecule has 31 heavy (non-hydrogen) atoms. The predicted molar refractivity (Wildman–Crippen MR) is 128 cm³/mol. The zero-order chi connectivity index (χ0) is 20.6. The van der Waals surface area contributed by atoms with Gasteiger partial charge in [0.2, 0.25) is 0 Å². The molecular weight excluding hydrogens is 402 g/mol. The number of likely N-dealkylation sites (tertiary alicyclic amines) is 1. The molecule has 0 spiro atoms. The Morgan fingerprint density at radius 1 is 0.935 bits per heavy atom. The number of hydrogen-bond donors (Lipinski definition) is 1. The number of rotatable bonds is 5. The lowest BCUT2D eigenvalue weighted by atomic mass is 10.1. The minimum absolute atomic E-state index is 0.904. The van der Waals surface area contributed by atoms with Gasteiger partial charge in [0.15, 0.2) is 0 Å². The number of hydrogen-bond acceptors (Lipinski definition) is 4. The molecule has 0 radical (unpaired) electrons. The largest absolute Gasteiger partial charge is 0.345 e. The van der Waals surface area contributed by atoms with Gasteiger partial charge in [-0.3, -0.25) is 0 Å². The normalized spacial score (nSPS) is 15.2. The second kappa shape index (κ2) is 7.94. The van der Waals surface area contributed by atoms with Crippen molar-refractivity contribution in [2.24, 2.45) is 0 Å². The van der Waals surface area contributed by atoms with Gasteiger partial charge in [-0.15, -0.1) is 11.3 Å². The fraction of sp³-hybridized carbons (Fsp3) is 0.280. The van der Waals surface area contributed by atoms with Crippen LogP contribution in [0.25, 0.3) is 43.8 Å². The van der Waals surface area contributed by atoms with E-state index in [0.717, 1.165) is 40.4 Å². The molecule has 1 aromatic carbocycles. The summed E-state index contributed by atoms with van der Waals surface area (Å²) in [6.45, 7) is 4.61. The van der Waals surface area contributed by atoms with E-state index in [0.29, 0.717) is 0 Å². The van der Waals surface area contributed by atoms with Gasteiger partial charge in [0, 0.05) is 64.5 Å². The lowest BCUT2D eigenvalue weighted by Crippen LogP contribution is -2.32. The van der Waals surface area contributed by atoms with Gasteiger partial charge in [-0.25, -0.2) is 9.97 Å². The number of piperidine rings is 1. The number of pyridine rings is 1. The first-order valence-corrected chi connectivity index (χ1v) is 11.9. The molecule has 0 amide bonds. The highest BCUT2D eigenvalue weighted by molar-refractivity contribution is 7.13. The number of thiazole rings is 1. The quantitative estimate of drug-likeness (QED) is 0.386. The van der Waals surface area contributed by atoms with E-state index in [1.807, 2.05) is 18.5 Å². The zero-order valence-electron chi connectivity index (χ0n) is 17.4. The van der Waals surface area contributed by atoms with Crippen LogP contribution in [0, 0.1) is 0 Å². The van der Waals surface area contributed by atoms with Gasteiger partial charge in [-0.05, 0) is 44.1 Å². The van der Waals surface area contributed by atoms with E-state index >= 15 is 0 Å². The molecule has 4 aromatic heterocycles. The highest BCUT2D eigenvalue weighted by Crippen LogP contribution is 2.36. The molecule has 1 fully saturated rings. The molecule has 156 valence electrons. The third kappa shape index (κ3) is 3.46. The smallest absolute Gasteiger partial charge is 0.137 e. The minimum Gasteiger partial charge on any atom is -0.345 e. The summed E-state index contributed by atoms with van der Waals surface area (Å²) in [4.78, 5) is 15.3. The number of benzene rings is 1. The van der Waals surface area contributed by atoms with Crippen molar-refractivity contribution in [3.8, 4) is 21.8 Å². The van der Waals surface area contributed by atoms with Crippen molar-refractivity contribution in [1.82, 2.24) is 24.4 Å². The Morgan fingerprint density at radius 2 is 1.81 bits per heavy atom. The maximum atomic E-state index is 5.03. The second-order valence-corrected chi connectivity index (χ2v) is 9.15. The van der Waals surface area contributed by atoms with Crippen molar-refractivity contribution in [2.75, 3.05) is 19.6 Å². The van der Waals surface area contributed by atoms with Crippen molar-refractivity contribution >= 4 is 33.3 Å². The molecule has 0 unspecified atom stereocenters. The lowest BCUT2D eigenvalue weighted by molar-refractivity contribution is 0.222. The third-order valence-electron chi connectivity index (χ3n) is 6.36. The van der Waals surface area contributed by atoms with Gasteiger partial charge in [0.1, 0.15) is 10.7 Å². The summed E-state index contributed by atoms with van der Waals surface area (Å²) in [5.41, 5.74) is 5.54. The summed E-state index contributed by atoms with van der Waals surface area (Å²) in [7, 11) is 0. The zero-order valence-corrected chi connectivity index (χ0v) is 18.2. The van der Waals surface area contributed by atoms with E-state index in [-0.39, 0.29) is 0 Å². The summed E-state index contributed by atoms with van der Waals surface area (Å²) in [6, 6.07) is 12.8. The standard InChI is InChI=1S/C25H25N5S/c1-4-11-29(12-5-1)13-14-30-16-21(18-7-2-3-9-23(18)30)25-28-22(17-31-25)20-15-27-24-19(20)8-6-10-26-24/h2-3,6-10,15-17H,1,4-5,11-14H2,(H,26,27). The number of aromatic amines is 1. The molecule has 0 atom stereocenters. The van der Waals surface area contributed by atoms with Crippen LogP contribution in [-0.4, -0.2) is 44.1 Å². The number of nitrogens with zero attached hydrogens (tertiary/aromatic N) is 4. The van der Waals surface area contributed by atoms with E-state index in [2.05, 4.69) is 61.3 Å². The van der Waals surface area contributed by atoms with Crippen LogP contribution in [0.2, 0.25) is 0 Å². The molecule has 1 saturated heterocycles. The average molecular weight is 428 g/mol. The summed E-state index contributed by atoms with van der Waals surface area (Å²) in [6.07, 6.45) is 10.2. The Morgan fingerprint density at radius 3 is 2.74 bits per heavy atom. The van der Waals surface area contributed by atoms with Crippen LogP contribution in [0.3, 0.4) is 0 Å². The second-order valence-electron chi connectivity index (χ2n) is 8.30. The van der Waals surface area contributed by atoms with Crippen LogP contribution in [-0.2, 0) is 6.54 Å². The van der Waals surface area contributed by atoms with Crippen LogP contribution in [0.1, 0.15) is 19.3 Å². The van der Waals surface area contributed by atoms with Gasteiger partial charge in [0.25, 0.3) is 0 Å². The summed E-state index contributed by atoms with van der Waals surface area (Å²) in [5, 5.41) is 5.62. The van der Waals surface area contributed by atoms with Gasteiger partial charge >= 0.3 is 0 Å². The van der Waals surface area contributed by atoms with Crippen LogP contribution >= 0.6 is 11.3 Å². The van der Waals surface area contributed by atoms with E-state index < -0.39 is 0 Å². The molecular formula is C25H25N5S. The van der Waals surface area contributed by atoms with Crippen LogP contribution in [0.15, 0.2) is 60.4 Å². The van der Waals surface area contributed by atoms with Crippen molar-refractivity contribution in [1.29, 1.82) is 0 Å². The van der Waals surface area contributed by atoms with Gasteiger partial charge in [0.05, 0.1) is 5.69 Å². The fourth-order valence-electron chi connectivity index (χ4n) is 4.72. The highest BCUT2D eigenvalue weighted by Gasteiger charge is 2.16. The molecule has 5 aromatic rings. The molecule has 5 heterocycles. The average Bonchev–Trinajstić information content (AvgIpc) is 3.55. The topological polar surface area (TPSA) is 49.7 Å². The lowest BCUT2D eigenvalue weighted by Gasteiger charge is -2.26. The maximum Gasteiger partial charge on any atom is 0.137 e. The van der Waals surface area contributed by atoms with Crippen LogP contribution < -0.4 is 0 Å². The Hall–Kier alpha value is -2.96. The van der Waals surface area contributed by atoms with Crippen LogP contribution in [0.4, 0.5) is 0 Å². The molecule has 0 saturated carbocycles. The molecule has 6 rings (SSSR count). The SMILES string of the molecule is c1cnc2[nH]cc(-c3csc(-c4cn(CCN5CCCCC5)c5ccccc45)n3)c2c1. The summed E-state index contributed by atoms with van der Waals surface area (Å²) >= 11 is 1.71. The Labute approximate surface area is 185 Å². The summed E-state index contributed by atoms with van der Waals surface area (Å²) in [5.74, 6) is 0. The predicted octanol–water partition coefficient (Wildman–Crippen LogP) is 5.79. The fourth-order valence-corrected chi connectivity index (χ4v) is 5.57. The van der Waals surface area contributed by atoms with Crippen molar-refractivity contribution < 1.29 is 0 Å². The van der Waals surface area contributed by atoms with Crippen molar-refractivity contribution in [2.45, 2.75) is 25.8 Å². The first-order chi connectivity index (χ1) is 15.4. The Balaban J connectivity index is 1.34. The van der Waals surface area contributed by atoms with Crippen LogP contribution in [0.5, 0.6) is 0 Å². The van der Waals surface area contributed by atoms with Gasteiger partial charge in [-0.1, -0.05) is 24.6 Å². The highest BCUT2D eigenvalue weighted by atomic mass is 32.1. The molecule has 1 N–H and O–H groups in total. The van der Waals surface area contributed by atoms with E-state index in [1.54, 1.807) is 11.3 Å². The molecule has 1 aliphatic heterocycles. The first-order valence-electron chi connectivity index (χ1n) is 11.1. The monoisotopic (exact) mass is 427 g/mol. The van der Waals surface area contributed by atoms with E-state index in [1.165, 1.54) is 48.8 Å². The third-order valence-corrected chi connectivity index (χ3v) is 7.23. The number of nitrogens with one attached hydrogen (secondary N) is 1. The Bertz CT molecular complexity index is 1340. The maximum absolute atomic E-state index is 5.03. The molecule has 0 bridgehead atoms. The number of fused-ring (bicyclic) bond motifs is 2. The van der Waals surface area contributed by atoms with E-state index in [9.17, 15) is 0 Å². The van der Waals surface area contributed by atoms with Crippen molar-refractivity contribution in [3.05, 3.63) is 60.4 Å². The molecule has 5 nitrogen and oxygen atoms in total. The molecule has 1 aliphatic rings. The minimum atomic E-state index is 0.904. The molecule has 6 heteroatoms. The summed E-state index contributed by atoms with van der Waals surface area (Å²) < 4.78 is 2.41. The number of para-hydroxylation sites is 1. The van der Waals surface area contributed by atoms with Crippen molar-refractivity contribution in [3.63, 3.8) is 0 Å². The van der Waals surface area contributed by atoms with Gasteiger partial charge < -0.3 is 14.5 Å². The van der Waals surface area contributed by atoms with Gasteiger partial charge in [-0.2, -0.15) is 0 Å². The Kier molecular flexibility index (Phi) is 4.81. The number of H-pyrrole nitrogens is 1. The first kappa shape index (κ1) is 18.8. The van der Waals surface area contributed by atoms with E-state index in [4.69, 9.17) is 4.98 Å². The molecule has 0 aliphatic carbocycles. The number of aromatic nitrogens is 4.